The number of nitrogens with zero attached hydrogens (tertiary/aromatic N) is 1. The molecule has 0 aliphatic rings. The molecular weight excluding hydrogens is 298 g/mol. The highest BCUT2D eigenvalue weighted by molar-refractivity contribution is 5.97. The summed E-state index contributed by atoms with van der Waals surface area (Å²) >= 11 is 0. The Balaban J connectivity index is 1.93. The molecule has 0 aliphatic heterocycles. The third-order valence-electron chi connectivity index (χ3n) is 3.69. The first-order valence-corrected chi connectivity index (χ1v) is 7.85. The summed E-state index contributed by atoms with van der Waals surface area (Å²) in [6.07, 6.45) is 1.47. The van der Waals surface area contributed by atoms with Crippen LogP contribution >= 0.6 is 0 Å². The second kappa shape index (κ2) is 8.54. The molecule has 0 heterocycles. The summed E-state index contributed by atoms with van der Waals surface area (Å²) in [4.78, 5) is 12.2. The quantitative estimate of drug-likeness (QED) is 0.634. The second-order valence-corrected chi connectivity index (χ2v) is 5.64. The van der Waals surface area contributed by atoms with Crippen molar-refractivity contribution >= 4 is 5.91 Å². The van der Waals surface area contributed by atoms with Crippen molar-refractivity contribution in [1.82, 2.24) is 10.6 Å². The van der Waals surface area contributed by atoms with Gasteiger partial charge in [-0.15, -0.1) is 0 Å². The predicted molar refractivity (Wildman–Crippen MR) is 94.7 cm³/mol. The van der Waals surface area contributed by atoms with Crippen molar-refractivity contribution in [2.24, 2.45) is 0 Å². The van der Waals surface area contributed by atoms with Gasteiger partial charge in [0.05, 0.1) is 6.04 Å². The van der Waals surface area contributed by atoms with Gasteiger partial charge in [0.15, 0.2) is 0 Å². The molecule has 122 valence electrons. The summed E-state index contributed by atoms with van der Waals surface area (Å²) in [7, 11) is 0. The molecule has 4 heteroatoms. The molecule has 0 aliphatic carbocycles. The lowest BCUT2D eigenvalue weighted by Crippen LogP contribution is -2.28. The maximum Gasteiger partial charge on any atom is 0.263 e. The van der Waals surface area contributed by atoms with Crippen molar-refractivity contribution in [1.29, 1.82) is 5.26 Å². The zero-order valence-corrected chi connectivity index (χ0v) is 13.9. The van der Waals surface area contributed by atoms with Gasteiger partial charge in [-0.3, -0.25) is 4.79 Å². The molecule has 4 nitrogen and oxygen atoms in total. The lowest BCUT2D eigenvalue weighted by molar-refractivity contribution is -0.117. The van der Waals surface area contributed by atoms with Gasteiger partial charge >= 0.3 is 0 Å². The molecular formula is C20H21N3O. The summed E-state index contributed by atoms with van der Waals surface area (Å²) in [5.41, 5.74) is 3.34. The average molecular weight is 319 g/mol. The Labute approximate surface area is 142 Å². The van der Waals surface area contributed by atoms with E-state index in [1.165, 1.54) is 11.8 Å². The fraction of sp³-hybridized carbons (Fsp3) is 0.200. The molecule has 0 spiro atoms. The molecule has 1 amide bonds. The zero-order valence-electron chi connectivity index (χ0n) is 13.9. The second-order valence-electron chi connectivity index (χ2n) is 5.64. The number of hydrogen-bond acceptors (Lipinski definition) is 3. The highest BCUT2D eigenvalue weighted by atomic mass is 16.1. The van der Waals surface area contributed by atoms with Crippen molar-refractivity contribution in [3.8, 4) is 6.07 Å². The number of benzene rings is 2. The monoisotopic (exact) mass is 319 g/mol. The Morgan fingerprint density at radius 2 is 1.83 bits per heavy atom. The standard InChI is InChI=1S/C20H21N3O/c1-15-8-10-17(11-9-15)13-22-14-19(12-21)20(24)23-16(2)18-6-4-3-5-7-18/h3-11,14,16,22H,13H2,1-2H3,(H,23,24)/b19-14-. The topological polar surface area (TPSA) is 64.9 Å². The molecule has 1 atom stereocenters. The third kappa shape index (κ3) is 4.99. The molecule has 0 fully saturated rings. The maximum atomic E-state index is 12.2. The zero-order chi connectivity index (χ0) is 17.4. The third-order valence-corrected chi connectivity index (χ3v) is 3.69. The smallest absolute Gasteiger partial charge is 0.263 e. The molecule has 0 radical (unpaired) electrons. The number of rotatable bonds is 6. The highest BCUT2D eigenvalue weighted by Gasteiger charge is 2.13. The van der Waals surface area contributed by atoms with Crippen molar-refractivity contribution < 1.29 is 4.79 Å². The predicted octanol–water partition coefficient (Wildman–Crippen LogP) is 3.37. The number of aryl methyl sites for hydroxylation is 1. The van der Waals surface area contributed by atoms with E-state index >= 15 is 0 Å². The number of nitrogens with one attached hydrogen (secondary N) is 2. The number of amides is 1. The molecule has 0 saturated heterocycles. The molecule has 0 aromatic heterocycles. The van der Waals surface area contributed by atoms with Crippen molar-refractivity contribution in [2.45, 2.75) is 26.4 Å². The van der Waals surface area contributed by atoms with E-state index in [0.717, 1.165) is 11.1 Å². The van der Waals surface area contributed by atoms with Gasteiger partial charge in [0.1, 0.15) is 11.6 Å². The van der Waals surface area contributed by atoms with Gasteiger partial charge in [0.2, 0.25) is 0 Å². The van der Waals surface area contributed by atoms with Crippen LogP contribution in [0.4, 0.5) is 0 Å². The molecule has 1 unspecified atom stereocenters. The maximum absolute atomic E-state index is 12.2. The van der Waals surface area contributed by atoms with E-state index in [1.54, 1.807) is 0 Å². The largest absolute Gasteiger partial charge is 0.386 e. The number of nitriles is 1. The van der Waals surface area contributed by atoms with Gasteiger partial charge in [0.25, 0.3) is 5.91 Å². The fourth-order valence-electron chi connectivity index (χ4n) is 2.22. The van der Waals surface area contributed by atoms with Crippen LogP contribution in [0, 0.1) is 18.3 Å². The van der Waals surface area contributed by atoms with Crippen LogP contribution in [0.2, 0.25) is 0 Å². The van der Waals surface area contributed by atoms with E-state index in [9.17, 15) is 10.1 Å². The molecule has 2 aromatic rings. The Morgan fingerprint density at radius 1 is 1.17 bits per heavy atom. The molecule has 0 bridgehead atoms. The lowest BCUT2D eigenvalue weighted by atomic mass is 10.1. The summed E-state index contributed by atoms with van der Waals surface area (Å²) in [5, 5.41) is 15.0. The Hall–Kier alpha value is -3.06. The van der Waals surface area contributed by atoms with Gasteiger partial charge in [-0.1, -0.05) is 60.2 Å². The highest BCUT2D eigenvalue weighted by Crippen LogP contribution is 2.11. The Kier molecular flexibility index (Phi) is 6.16. The number of carbonyl (C=O) groups excluding carboxylic acids is 1. The van der Waals surface area contributed by atoms with Crippen LogP contribution in [0.5, 0.6) is 0 Å². The van der Waals surface area contributed by atoms with E-state index in [2.05, 4.69) is 10.6 Å². The summed E-state index contributed by atoms with van der Waals surface area (Å²) < 4.78 is 0. The Morgan fingerprint density at radius 3 is 2.46 bits per heavy atom. The van der Waals surface area contributed by atoms with Crippen molar-refractivity contribution in [3.05, 3.63) is 83.1 Å². The van der Waals surface area contributed by atoms with Gasteiger partial charge in [0, 0.05) is 12.7 Å². The lowest BCUT2D eigenvalue weighted by Gasteiger charge is -2.13. The average Bonchev–Trinajstić information content (AvgIpc) is 2.61. The summed E-state index contributed by atoms with van der Waals surface area (Å²) in [5.74, 6) is -0.384. The first-order chi connectivity index (χ1) is 11.6. The minimum Gasteiger partial charge on any atom is -0.386 e. The van der Waals surface area contributed by atoms with Crippen molar-refractivity contribution in [3.63, 3.8) is 0 Å². The van der Waals surface area contributed by atoms with Crippen LogP contribution in [-0.4, -0.2) is 5.91 Å². The van der Waals surface area contributed by atoms with E-state index in [1.807, 2.05) is 74.5 Å². The normalized spacial score (nSPS) is 12.1. The van der Waals surface area contributed by atoms with E-state index in [4.69, 9.17) is 0 Å². The van der Waals surface area contributed by atoms with Gasteiger partial charge in [-0.2, -0.15) is 5.26 Å². The van der Waals surface area contributed by atoms with E-state index in [0.29, 0.717) is 6.54 Å². The minimum atomic E-state index is -0.384. The van der Waals surface area contributed by atoms with Gasteiger partial charge in [-0.25, -0.2) is 0 Å². The van der Waals surface area contributed by atoms with Crippen LogP contribution in [0.3, 0.4) is 0 Å². The SMILES string of the molecule is Cc1ccc(CN/C=C(/C#N)C(=O)NC(C)c2ccccc2)cc1. The van der Waals surface area contributed by atoms with E-state index in [-0.39, 0.29) is 17.5 Å². The van der Waals surface area contributed by atoms with E-state index < -0.39 is 0 Å². The van der Waals surface area contributed by atoms with Crippen LogP contribution < -0.4 is 10.6 Å². The summed E-state index contributed by atoms with van der Waals surface area (Å²) in [6, 6.07) is 19.5. The van der Waals surface area contributed by atoms with Crippen LogP contribution in [0.25, 0.3) is 0 Å². The van der Waals surface area contributed by atoms with Crippen molar-refractivity contribution in [2.75, 3.05) is 0 Å². The van der Waals surface area contributed by atoms with Crippen LogP contribution in [0.1, 0.15) is 29.7 Å². The Bertz CT molecular complexity index is 743. The molecule has 24 heavy (non-hydrogen) atoms. The molecule has 2 rings (SSSR count). The first kappa shape index (κ1) is 17.3. The minimum absolute atomic E-state index is 0.0601. The number of hydrogen-bond donors (Lipinski definition) is 2. The van der Waals surface area contributed by atoms with Crippen LogP contribution in [-0.2, 0) is 11.3 Å². The number of carbonyl (C=O) groups is 1. The molecule has 0 saturated carbocycles. The van der Waals surface area contributed by atoms with Crippen LogP contribution in [0.15, 0.2) is 66.4 Å². The van der Waals surface area contributed by atoms with Gasteiger partial charge in [-0.05, 0) is 25.0 Å². The first-order valence-electron chi connectivity index (χ1n) is 7.85. The molecule has 2 aromatic carbocycles. The molecule has 2 N–H and O–H groups in total. The summed E-state index contributed by atoms with van der Waals surface area (Å²) in [6.45, 7) is 4.48. The van der Waals surface area contributed by atoms with Gasteiger partial charge < -0.3 is 10.6 Å². The fourth-order valence-corrected chi connectivity index (χ4v) is 2.22.